The molecule has 0 fully saturated rings. The normalized spacial score (nSPS) is 15.7. The lowest BCUT2D eigenvalue weighted by molar-refractivity contribution is 0.311. The highest BCUT2D eigenvalue weighted by molar-refractivity contribution is 5.87. The van der Waals surface area contributed by atoms with Gasteiger partial charge in [-0.15, -0.1) is 0 Å². The van der Waals surface area contributed by atoms with Crippen molar-refractivity contribution in [1.82, 2.24) is 14.1 Å². The van der Waals surface area contributed by atoms with Crippen LogP contribution < -0.4 is 5.32 Å². The van der Waals surface area contributed by atoms with E-state index >= 15 is 0 Å². The number of benzene rings is 2. The van der Waals surface area contributed by atoms with Gasteiger partial charge in [-0.1, -0.05) is 32.0 Å². The Morgan fingerprint density at radius 2 is 1.93 bits per heavy atom. The number of imidazole rings is 1. The van der Waals surface area contributed by atoms with E-state index in [1.165, 1.54) is 35.7 Å². The molecule has 4 heteroatoms. The second kappa shape index (κ2) is 6.65. The average Bonchev–Trinajstić information content (AvgIpc) is 3.19. The Hall–Kier alpha value is -2.75. The van der Waals surface area contributed by atoms with Gasteiger partial charge in [-0.3, -0.25) is 0 Å². The zero-order valence-corrected chi connectivity index (χ0v) is 17.9. The van der Waals surface area contributed by atoms with Crippen molar-refractivity contribution in [3.8, 4) is 0 Å². The van der Waals surface area contributed by atoms with Crippen LogP contribution in [0.25, 0.3) is 21.9 Å². The maximum absolute atomic E-state index is 4.74. The van der Waals surface area contributed by atoms with Crippen LogP contribution in [0.15, 0.2) is 42.5 Å². The Morgan fingerprint density at radius 3 is 2.72 bits per heavy atom. The summed E-state index contributed by atoms with van der Waals surface area (Å²) in [5.41, 5.74) is 8.41. The average molecular weight is 387 g/mol. The van der Waals surface area contributed by atoms with E-state index in [0.717, 1.165) is 30.1 Å². The fourth-order valence-electron chi connectivity index (χ4n) is 4.99. The van der Waals surface area contributed by atoms with Gasteiger partial charge >= 0.3 is 0 Å². The van der Waals surface area contributed by atoms with Crippen molar-refractivity contribution in [2.75, 3.05) is 5.32 Å². The molecule has 2 aromatic heterocycles. The topological polar surface area (TPSA) is 34.8 Å². The summed E-state index contributed by atoms with van der Waals surface area (Å²) in [5.74, 6) is 0.917. The number of aryl methyl sites for hydroxylation is 2. The zero-order valence-electron chi connectivity index (χ0n) is 17.9. The Labute approximate surface area is 172 Å². The van der Waals surface area contributed by atoms with Gasteiger partial charge in [0.2, 0.25) is 5.95 Å². The van der Waals surface area contributed by atoms with E-state index in [1.807, 2.05) is 6.07 Å². The smallest absolute Gasteiger partial charge is 0.203 e. The SMILES string of the molecule is CCn1c2c(c3cc(CNc4nc5ccccc5n4C)ccc31)CC(C)(C)CC2. The Morgan fingerprint density at radius 1 is 1.10 bits per heavy atom. The first-order valence-electron chi connectivity index (χ1n) is 10.7. The van der Waals surface area contributed by atoms with Crippen LogP contribution in [0.1, 0.15) is 44.0 Å². The van der Waals surface area contributed by atoms with Crippen LogP contribution in [-0.4, -0.2) is 14.1 Å². The van der Waals surface area contributed by atoms with E-state index in [4.69, 9.17) is 4.98 Å². The summed E-state index contributed by atoms with van der Waals surface area (Å²) in [4.78, 5) is 4.74. The highest BCUT2D eigenvalue weighted by Crippen LogP contribution is 2.40. The van der Waals surface area contributed by atoms with E-state index in [9.17, 15) is 0 Å². The number of nitrogens with one attached hydrogen (secondary N) is 1. The number of hydrogen-bond donors (Lipinski definition) is 1. The lowest BCUT2D eigenvalue weighted by Crippen LogP contribution is -2.22. The molecule has 0 saturated carbocycles. The molecular weight excluding hydrogens is 356 g/mol. The Bertz CT molecular complexity index is 1210. The number of hydrogen-bond acceptors (Lipinski definition) is 2. The van der Waals surface area contributed by atoms with Gasteiger partial charge < -0.3 is 14.5 Å². The van der Waals surface area contributed by atoms with Gasteiger partial charge in [-0.25, -0.2) is 4.98 Å². The third-order valence-corrected chi connectivity index (χ3v) is 6.60. The lowest BCUT2D eigenvalue weighted by atomic mass is 9.76. The summed E-state index contributed by atoms with van der Waals surface area (Å²) in [6.45, 7) is 8.90. The van der Waals surface area contributed by atoms with Crippen LogP contribution in [0.2, 0.25) is 0 Å². The van der Waals surface area contributed by atoms with Gasteiger partial charge in [0.1, 0.15) is 0 Å². The van der Waals surface area contributed by atoms with Crippen molar-refractivity contribution in [3.05, 3.63) is 59.3 Å². The first kappa shape index (κ1) is 18.3. The monoisotopic (exact) mass is 386 g/mol. The van der Waals surface area contributed by atoms with E-state index in [-0.39, 0.29) is 0 Å². The van der Waals surface area contributed by atoms with Crippen molar-refractivity contribution in [2.24, 2.45) is 12.5 Å². The Balaban J connectivity index is 1.49. The summed E-state index contributed by atoms with van der Waals surface area (Å²) in [6.07, 6.45) is 3.64. The number of fused-ring (bicyclic) bond motifs is 4. The highest BCUT2D eigenvalue weighted by atomic mass is 15.2. The molecule has 150 valence electrons. The molecular formula is C25H30N4. The summed E-state index contributed by atoms with van der Waals surface area (Å²) in [5, 5.41) is 4.99. The quantitative estimate of drug-likeness (QED) is 0.490. The molecule has 1 N–H and O–H groups in total. The van der Waals surface area contributed by atoms with Crippen LogP contribution in [0.3, 0.4) is 0 Å². The molecule has 0 bridgehead atoms. The predicted molar refractivity (Wildman–Crippen MR) is 121 cm³/mol. The molecule has 0 saturated heterocycles. The molecule has 0 amide bonds. The molecule has 1 aliphatic rings. The van der Waals surface area contributed by atoms with Gasteiger partial charge in [-0.05, 0) is 67.0 Å². The third kappa shape index (κ3) is 3.02. The number of nitrogens with zero attached hydrogens (tertiary/aromatic N) is 3. The fraction of sp³-hybridized carbons (Fsp3) is 0.400. The zero-order chi connectivity index (χ0) is 20.2. The summed E-state index contributed by atoms with van der Waals surface area (Å²) < 4.78 is 4.66. The minimum atomic E-state index is 0.390. The van der Waals surface area contributed by atoms with Crippen LogP contribution >= 0.6 is 0 Å². The highest BCUT2D eigenvalue weighted by Gasteiger charge is 2.29. The van der Waals surface area contributed by atoms with Gasteiger partial charge in [-0.2, -0.15) is 0 Å². The molecule has 5 rings (SSSR count). The predicted octanol–water partition coefficient (Wildman–Crippen LogP) is 5.67. The summed E-state index contributed by atoms with van der Waals surface area (Å²) >= 11 is 0. The lowest BCUT2D eigenvalue weighted by Gasteiger charge is -2.30. The standard InChI is InChI=1S/C25H30N4/c1-5-29-21-11-10-17(14-18(21)19-15-25(2,3)13-12-22(19)29)16-26-24-27-20-8-6-7-9-23(20)28(24)4/h6-11,14H,5,12-13,15-16H2,1-4H3,(H,26,27). The second-order valence-electron chi connectivity index (χ2n) is 9.20. The van der Waals surface area contributed by atoms with E-state index < -0.39 is 0 Å². The van der Waals surface area contributed by atoms with Crippen LogP contribution in [0, 0.1) is 5.41 Å². The Kier molecular flexibility index (Phi) is 4.19. The molecule has 0 radical (unpaired) electrons. The third-order valence-electron chi connectivity index (χ3n) is 6.60. The molecule has 0 spiro atoms. The van der Waals surface area contributed by atoms with Gasteiger partial charge in [0.15, 0.2) is 0 Å². The van der Waals surface area contributed by atoms with Crippen molar-refractivity contribution >= 4 is 27.9 Å². The van der Waals surface area contributed by atoms with Crippen molar-refractivity contribution in [1.29, 1.82) is 0 Å². The van der Waals surface area contributed by atoms with Gasteiger partial charge in [0, 0.05) is 36.7 Å². The number of rotatable bonds is 4. The van der Waals surface area contributed by atoms with Gasteiger partial charge in [0.25, 0.3) is 0 Å². The summed E-state index contributed by atoms with van der Waals surface area (Å²) in [7, 11) is 2.07. The second-order valence-corrected chi connectivity index (χ2v) is 9.20. The molecule has 4 nitrogen and oxygen atoms in total. The van der Waals surface area contributed by atoms with Crippen LogP contribution in [-0.2, 0) is 33.0 Å². The first-order valence-corrected chi connectivity index (χ1v) is 10.7. The molecule has 0 atom stereocenters. The molecule has 4 aromatic rings. The first-order chi connectivity index (χ1) is 14.0. The number of anilines is 1. The van der Waals surface area contributed by atoms with Crippen LogP contribution in [0.5, 0.6) is 0 Å². The summed E-state index contributed by atoms with van der Waals surface area (Å²) in [6, 6.07) is 15.3. The molecule has 2 aromatic carbocycles. The van der Waals surface area contributed by atoms with Gasteiger partial charge in [0.05, 0.1) is 11.0 Å². The maximum Gasteiger partial charge on any atom is 0.203 e. The maximum atomic E-state index is 4.74. The largest absolute Gasteiger partial charge is 0.352 e. The molecule has 29 heavy (non-hydrogen) atoms. The molecule has 0 aliphatic heterocycles. The van der Waals surface area contributed by atoms with E-state index in [2.05, 4.69) is 78.7 Å². The minimum Gasteiger partial charge on any atom is -0.352 e. The van der Waals surface area contributed by atoms with Crippen molar-refractivity contribution in [2.45, 2.75) is 53.1 Å². The number of para-hydroxylation sites is 2. The molecule has 1 aliphatic carbocycles. The number of aromatic nitrogens is 3. The minimum absolute atomic E-state index is 0.390. The molecule has 0 unspecified atom stereocenters. The van der Waals surface area contributed by atoms with Crippen molar-refractivity contribution < 1.29 is 0 Å². The van der Waals surface area contributed by atoms with E-state index in [0.29, 0.717) is 5.41 Å². The van der Waals surface area contributed by atoms with Crippen molar-refractivity contribution in [3.63, 3.8) is 0 Å². The van der Waals surface area contributed by atoms with Crippen LogP contribution in [0.4, 0.5) is 5.95 Å². The van der Waals surface area contributed by atoms with E-state index in [1.54, 1.807) is 11.3 Å². The molecule has 2 heterocycles. The fourth-order valence-corrected chi connectivity index (χ4v) is 4.99.